The highest BCUT2D eigenvalue weighted by Gasteiger charge is 2.28. The third kappa shape index (κ3) is 4.72. The van der Waals surface area contributed by atoms with E-state index in [-0.39, 0.29) is 18.4 Å². The Morgan fingerprint density at radius 1 is 1.20 bits per heavy atom. The van der Waals surface area contributed by atoms with E-state index < -0.39 is 12.1 Å². The molecule has 1 aromatic carbocycles. The first-order valence-electron chi connectivity index (χ1n) is 9.02. The summed E-state index contributed by atoms with van der Waals surface area (Å²) in [5.74, 6) is -0.411. The number of carbonyl (C=O) groups is 2. The Morgan fingerprint density at radius 2 is 1.96 bits per heavy atom. The van der Waals surface area contributed by atoms with E-state index in [0.29, 0.717) is 31.0 Å². The van der Waals surface area contributed by atoms with E-state index in [1.807, 2.05) is 18.2 Å². The largest absolute Gasteiger partial charge is 0.490 e. The van der Waals surface area contributed by atoms with Gasteiger partial charge in [-0.3, -0.25) is 9.59 Å². The minimum atomic E-state index is -0.916. The van der Waals surface area contributed by atoms with Crippen LogP contribution < -0.4 is 4.74 Å². The van der Waals surface area contributed by atoms with Crippen LogP contribution in [-0.2, 0) is 9.53 Å². The van der Waals surface area contributed by atoms with Gasteiger partial charge in [-0.15, -0.1) is 0 Å². The minimum absolute atomic E-state index is 0.0933. The zero-order valence-electron chi connectivity index (χ0n) is 14.4. The van der Waals surface area contributed by atoms with Gasteiger partial charge in [-0.1, -0.05) is 18.6 Å². The number of ether oxygens (including phenoxy) is 2. The highest BCUT2D eigenvalue weighted by Crippen LogP contribution is 2.27. The summed E-state index contributed by atoms with van der Waals surface area (Å²) in [6.07, 6.45) is 5.27. The third-order valence-corrected chi connectivity index (χ3v) is 4.79. The molecule has 0 bridgehead atoms. The average Bonchev–Trinajstić information content (AvgIpc) is 2.62. The minimum Gasteiger partial charge on any atom is -0.490 e. The van der Waals surface area contributed by atoms with Crippen LogP contribution in [0, 0.1) is 0 Å². The van der Waals surface area contributed by atoms with Crippen molar-refractivity contribution >= 4 is 11.9 Å². The molecule has 0 unspecified atom stereocenters. The van der Waals surface area contributed by atoms with E-state index in [4.69, 9.17) is 14.6 Å². The number of rotatable bonds is 5. The third-order valence-electron chi connectivity index (χ3n) is 4.79. The fourth-order valence-corrected chi connectivity index (χ4v) is 3.50. The van der Waals surface area contributed by atoms with Crippen LogP contribution in [0.4, 0.5) is 0 Å². The molecule has 6 heteroatoms. The summed E-state index contributed by atoms with van der Waals surface area (Å²) in [7, 11) is 0. The summed E-state index contributed by atoms with van der Waals surface area (Å²) in [5.41, 5.74) is 0.545. The van der Waals surface area contributed by atoms with E-state index in [2.05, 4.69) is 0 Å². The van der Waals surface area contributed by atoms with Gasteiger partial charge in [0.15, 0.2) is 0 Å². The fourth-order valence-electron chi connectivity index (χ4n) is 3.50. The van der Waals surface area contributed by atoms with Gasteiger partial charge >= 0.3 is 5.97 Å². The zero-order valence-corrected chi connectivity index (χ0v) is 14.4. The van der Waals surface area contributed by atoms with Crippen molar-refractivity contribution in [3.05, 3.63) is 29.8 Å². The van der Waals surface area contributed by atoms with E-state index >= 15 is 0 Å². The molecule has 1 atom stereocenters. The molecule has 3 rings (SSSR count). The van der Waals surface area contributed by atoms with Gasteiger partial charge < -0.3 is 19.5 Å². The second kappa shape index (κ2) is 8.34. The average molecular weight is 347 g/mol. The summed E-state index contributed by atoms with van der Waals surface area (Å²) in [4.78, 5) is 25.5. The van der Waals surface area contributed by atoms with Crippen LogP contribution in [0.5, 0.6) is 5.75 Å². The number of hydrogen-bond donors (Lipinski definition) is 1. The first-order chi connectivity index (χ1) is 12.1. The summed E-state index contributed by atoms with van der Waals surface area (Å²) < 4.78 is 11.6. The maximum atomic E-state index is 12.9. The number of morpholine rings is 1. The Labute approximate surface area is 147 Å². The van der Waals surface area contributed by atoms with Crippen LogP contribution in [0.2, 0.25) is 0 Å². The molecule has 0 aromatic heterocycles. The summed E-state index contributed by atoms with van der Waals surface area (Å²) in [5, 5.41) is 8.93. The lowest BCUT2D eigenvalue weighted by molar-refractivity contribution is -0.141. The van der Waals surface area contributed by atoms with Crippen LogP contribution >= 0.6 is 0 Å². The number of carbonyl (C=O) groups excluding carboxylic acids is 1. The molecule has 6 nitrogen and oxygen atoms in total. The van der Waals surface area contributed by atoms with Gasteiger partial charge in [-0.25, -0.2) is 0 Å². The molecule has 136 valence electrons. The van der Waals surface area contributed by atoms with Gasteiger partial charge in [0.05, 0.1) is 30.8 Å². The van der Waals surface area contributed by atoms with Crippen molar-refractivity contribution in [3.63, 3.8) is 0 Å². The Morgan fingerprint density at radius 3 is 2.72 bits per heavy atom. The van der Waals surface area contributed by atoms with Crippen molar-refractivity contribution in [3.8, 4) is 5.75 Å². The molecule has 0 radical (unpaired) electrons. The Kier molecular flexibility index (Phi) is 5.91. The smallest absolute Gasteiger partial charge is 0.306 e. The van der Waals surface area contributed by atoms with Gasteiger partial charge in [0, 0.05) is 13.1 Å². The molecular weight excluding hydrogens is 322 g/mol. The molecular formula is C19H25NO5. The van der Waals surface area contributed by atoms with Gasteiger partial charge in [-0.2, -0.15) is 0 Å². The van der Waals surface area contributed by atoms with Gasteiger partial charge in [-0.05, 0) is 37.8 Å². The summed E-state index contributed by atoms with van der Waals surface area (Å²) >= 11 is 0. The van der Waals surface area contributed by atoms with Gasteiger partial charge in [0.2, 0.25) is 0 Å². The Balaban J connectivity index is 1.69. The van der Waals surface area contributed by atoms with Gasteiger partial charge in [0.25, 0.3) is 5.91 Å². The molecule has 1 aromatic rings. The highest BCUT2D eigenvalue weighted by atomic mass is 16.5. The first kappa shape index (κ1) is 17.7. The molecule has 1 amide bonds. The standard InChI is InChI=1S/C19H25NO5/c21-18(22)12-15-13-20(10-11-24-15)19(23)16-8-4-5-9-17(16)25-14-6-2-1-3-7-14/h4-5,8-9,14-15H,1-3,6-7,10-13H2,(H,21,22)/t15-/m0/s1. The number of benzene rings is 1. The summed E-state index contributed by atoms with van der Waals surface area (Å²) in [6, 6.07) is 7.33. The molecule has 25 heavy (non-hydrogen) atoms. The number of aliphatic carboxylic acids is 1. The topological polar surface area (TPSA) is 76.1 Å². The van der Waals surface area contributed by atoms with Crippen molar-refractivity contribution < 1.29 is 24.2 Å². The van der Waals surface area contributed by atoms with Crippen LogP contribution in [0.1, 0.15) is 48.9 Å². The highest BCUT2D eigenvalue weighted by molar-refractivity contribution is 5.97. The molecule has 2 fully saturated rings. The van der Waals surface area contributed by atoms with Gasteiger partial charge in [0.1, 0.15) is 5.75 Å². The van der Waals surface area contributed by atoms with Crippen molar-refractivity contribution in [1.82, 2.24) is 4.90 Å². The Bertz CT molecular complexity index is 612. The molecule has 1 saturated carbocycles. The first-order valence-corrected chi connectivity index (χ1v) is 9.02. The number of nitrogens with zero attached hydrogens (tertiary/aromatic N) is 1. The lowest BCUT2D eigenvalue weighted by atomic mass is 9.97. The van der Waals surface area contributed by atoms with Crippen LogP contribution in [0.3, 0.4) is 0 Å². The predicted octanol–water partition coefficient (Wildman–Crippen LogP) is 2.71. The molecule has 1 aliphatic heterocycles. The van der Waals surface area contributed by atoms with E-state index in [9.17, 15) is 9.59 Å². The maximum absolute atomic E-state index is 12.9. The predicted molar refractivity (Wildman–Crippen MR) is 91.8 cm³/mol. The summed E-state index contributed by atoms with van der Waals surface area (Å²) in [6.45, 7) is 1.12. The van der Waals surface area contributed by atoms with Crippen molar-refractivity contribution in [2.45, 2.75) is 50.7 Å². The second-order valence-corrected chi connectivity index (χ2v) is 6.72. The SMILES string of the molecule is O=C(O)C[C@H]1CN(C(=O)c2ccccc2OC2CCCCC2)CCO1. The van der Waals surface area contributed by atoms with E-state index in [1.165, 1.54) is 19.3 Å². The van der Waals surface area contributed by atoms with Crippen LogP contribution in [0.25, 0.3) is 0 Å². The molecule has 0 spiro atoms. The van der Waals surface area contributed by atoms with Crippen molar-refractivity contribution in [1.29, 1.82) is 0 Å². The fraction of sp³-hybridized carbons (Fsp3) is 0.579. The zero-order chi connectivity index (χ0) is 17.6. The van der Waals surface area contributed by atoms with Crippen molar-refractivity contribution in [2.24, 2.45) is 0 Å². The number of carboxylic acid groups (broad SMARTS) is 1. The number of hydrogen-bond acceptors (Lipinski definition) is 4. The molecule has 2 aliphatic rings. The molecule has 1 N–H and O–H groups in total. The maximum Gasteiger partial charge on any atom is 0.306 e. The molecule has 1 heterocycles. The monoisotopic (exact) mass is 347 g/mol. The quantitative estimate of drug-likeness (QED) is 0.886. The normalized spacial score (nSPS) is 21.8. The molecule has 1 aliphatic carbocycles. The molecule has 1 saturated heterocycles. The second-order valence-electron chi connectivity index (χ2n) is 6.72. The van der Waals surface area contributed by atoms with Crippen LogP contribution in [0.15, 0.2) is 24.3 Å². The van der Waals surface area contributed by atoms with Crippen molar-refractivity contribution in [2.75, 3.05) is 19.7 Å². The lowest BCUT2D eigenvalue weighted by Gasteiger charge is -2.33. The number of amides is 1. The Hall–Kier alpha value is -2.08. The van der Waals surface area contributed by atoms with Crippen LogP contribution in [-0.4, -0.2) is 53.8 Å². The number of carboxylic acids is 1. The van der Waals surface area contributed by atoms with E-state index in [1.54, 1.807) is 11.0 Å². The van der Waals surface area contributed by atoms with E-state index in [0.717, 1.165) is 12.8 Å². The number of para-hydroxylation sites is 1. The lowest BCUT2D eigenvalue weighted by Crippen LogP contribution is -2.46.